The van der Waals surface area contributed by atoms with Gasteiger partial charge in [0.25, 0.3) is 0 Å². The summed E-state index contributed by atoms with van der Waals surface area (Å²) in [6.45, 7) is 8.51. The minimum atomic E-state index is -0.431. The van der Waals surface area contributed by atoms with Crippen LogP contribution >= 0.6 is 0 Å². The summed E-state index contributed by atoms with van der Waals surface area (Å²) in [5.41, 5.74) is 0.382. The van der Waals surface area contributed by atoms with Crippen LogP contribution < -0.4 is 5.32 Å². The van der Waals surface area contributed by atoms with Gasteiger partial charge in [-0.25, -0.2) is 4.79 Å². The SMILES string of the molecule is C=CC(NC)OC(=O)C(=C)C. The number of hydrogen-bond acceptors (Lipinski definition) is 3. The second kappa shape index (κ2) is 4.68. The Morgan fingerprint density at radius 2 is 2.27 bits per heavy atom. The zero-order valence-corrected chi connectivity index (χ0v) is 6.89. The fourth-order valence-electron chi connectivity index (χ4n) is 0.441. The third kappa shape index (κ3) is 3.57. The second-order valence-electron chi connectivity index (χ2n) is 2.13. The lowest BCUT2D eigenvalue weighted by molar-refractivity contribution is -0.143. The summed E-state index contributed by atoms with van der Waals surface area (Å²) < 4.78 is 4.84. The summed E-state index contributed by atoms with van der Waals surface area (Å²) in [6.07, 6.45) is 1.07. The Bertz CT molecular complexity index is 175. The molecular formula is C8H13NO2. The quantitative estimate of drug-likeness (QED) is 0.283. The van der Waals surface area contributed by atoms with Crippen LogP contribution in [0, 0.1) is 0 Å². The largest absolute Gasteiger partial charge is 0.440 e. The van der Waals surface area contributed by atoms with Gasteiger partial charge in [-0.3, -0.25) is 5.32 Å². The Hall–Kier alpha value is -1.09. The van der Waals surface area contributed by atoms with Gasteiger partial charge in [0.2, 0.25) is 0 Å². The predicted octanol–water partition coefficient (Wildman–Crippen LogP) is 0.837. The van der Waals surface area contributed by atoms with Gasteiger partial charge in [0.15, 0.2) is 6.23 Å². The van der Waals surface area contributed by atoms with Crippen molar-refractivity contribution in [3.63, 3.8) is 0 Å². The lowest BCUT2D eigenvalue weighted by Crippen LogP contribution is -2.28. The maximum absolute atomic E-state index is 10.9. The van der Waals surface area contributed by atoms with Crippen LogP contribution in [-0.4, -0.2) is 19.2 Å². The Kier molecular flexibility index (Phi) is 4.22. The number of esters is 1. The molecule has 0 bridgehead atoms. The molecule has 0 spiro atoms. The first kappa shape index (κ1) is 9.91. The van der Waals surface area contributed by atoms with Crippen LogP contribution in [0.15, 0.2) is 24.8 Å². The molecule has 0 aliphatic heterocycles. The second-order valence-corrected chi connectivity index (χ2v) is 2.13. The third-order valence-corrected chi connectivity index (χ3v) is 1.08. The molecule has 3 heteroatoms. The molecule has 0 aromatic carbocycles. The summed E-state index contributed by atoms with van der Waals surface area (Å²) in [7, 11) is 1.68. The fourth-order valence-corrected chi connectivity index (χ4v) is 0.441. The Labute approximate surface area is 66.7 Å². The molecule has 1 unspecified atom stereocenters. The van der Waals surface area contributed by atoms with E-state index < -0.39 is 12.2 Å². The molecule has 0 radical (unpaired) electrons. The minimum Gasteiger partial charge on any atom is -0.440 e. The molecule has 0 amide bonds. The van der Waals surface area contributed by atoms with E-state index in [-0.39, 0.29) is 0 Å². The fraction of sp³-hybridized carbons (Fsp3) is 0.375. The Morgan fingerprint density at radius 1 is 1.73 bits per heavy atom. The summed E-state index contributed by atoms with van der Waals surface area (Å²) in [5, 5.41) is 2.74. The standard InChI is InChI=1S/C8H13NO2/c1-5-7(9-4)11-8(10)6(2)3/h5,7,9H,1-2H2,3-4H3. The normalized spacial score (nSPS) is 11.8. The third-order valence-electron chi connectivity index (χ3n) is 1.08. The highest BCUT2D eigenvalue weighted by molar-refractivity contribution is 5.87. The van der Waals surface area contributed by atoms with E-state index in [0.717, 1.165) is 0 Å². The van der Waals surface area contributed by atoms with Crippen molar-refractivity contribution in [3.8, 4) is 0 Å². The monoisotopic (exact) mass is 155 g/mol. The van der Waals surface area contributed by atoms with E-state index in [1.165, 1.54) is 6.08 Å². The summed E-state index contributed by atoms with van der Waals surface area (Å²) in [5.74, 6) is -0.413. The van der Waals surface area contributed by atoms with Gasteiger partial charge in [0, 0.05) is 5.57 Å². The molecule has 3 nitrogen and oxygen atoms in total. The van der Waals surface area contributed by atoms with Crippen molar-refractivity contribution < 1.29 is 9.53 Å². The van der Waals surface area contributed by atoms with Crippen LogP contribution in [0.1, 0.15) is 6.92 Å². The zero-order chi connectivity index (χ0) is 8.85. The predicted molar refractivity (Wildman–Crippen MR) is 44.0 cm³/mol. The van der Waals surface area contributed by atoms with E-state index in [0.29, 0.717) is 5.57 Å². The molecule has 0 rings (SSSR count). The topological polar surface area (TPSA) is 38.3 Å². The van der Waals surface area contributed by atoms with Crippen molar-refractivity contribution in [2.75, 3.05) is 7.05 Å². The summed E-state index contributed by atoms with van der Waals surface area (Å²) in [6, 6.07) is 0. The highest BCUT2D eigenvalue weighted by atomic mass is 16.6. The van der Waals surface area contributed by atoms with Crippen molar-refractivity contribution in [1.29, 1.82) is 0 Å². The van der Waals surface area contributed by atoms with Crippen LogP contribution in [0.3, 0.4) is 0 Å². The first-order chi connectivity index (χ1) is 5.11. The Balaban J connectivity index is 3.91. The van der Waals surface area contributed by atoms with Gasteiger partial charge in [-0.05, 0) is 20.0 Å². The first-order valence-corrected chi connectivity index (χ1v) is 3.28. The minimum absolute atomic E-state index is 0.382. The van der Waals surface area contributed by atoms with E-state index in [1.54, 1.807) is 14.0 Å². The van der Waals surface area contributed by atoms with Gasteiger partial charge in [-0.15, -0.1) is 0 Å². The number of ether oxygens (including phenoxy) is 1. The molecule has 0 fully saturated rings. The van der Waals surface area contributed by atoms with Crippen molar-refractivity contribution >= 4 is 5.97 Å². The maximum atomic E-state index is 10.9. The van der Waals surface area contributed by atoms with E-state index in [9.17, 15) is 4.79 Å². The average Bonchev–Trinajstić information content (AvgIpc) is 1.99. The molecule has 0 aliphatic carbocycles. The van der Waals surface area contributed by atoms with Gasteiger partial charge in [-0.2, -0.15) is 0 Å². The number of carbonyl (C=O) groups is 1. The van der Waals surface area contributed by atoms with E-state index >= 15 is 0 Å². The molecule has 62 valence electrons. The van der Waals surface area contributed by atoms with E-state index in [1.807, 2.05) is 0 Å². The van der Waals surface area contributed by atoms with E-state index in [2.05, 4.69) is 18.5 Å². The average molecular weight is 155 g/mol. The molecule has 1 atom stereocenters. The molecule has 1 N–H and O–H groups in total. The number of carbonyl (C=O) groups excluding carboxylic acids is 1. The number of likely N-dealkylation sites (N-methyl/N-ethyl adjacent to an activating group) is 1. The van der Waals surface area contributed by atoms with Crippen molar-refractivity contribution in [2.24, 2.45) is 0 Å². The van der Waals surface area contributed by atoms with Crippen molar-refractivity contribution in [3.05, 3.63) is 24.8 Å². The summed E-state index contributed by atoms with van der Waals surface area (Å²) in [4.78, 5) is 10.9. The molecule has 0 aromatic rings. The summed E-state index contributed by atoms with van der Waals surface area (Å²) >= 11 is 0. The van der Waals surface area contributed by atoms with Gasteiger partial charge in [-0.1, -0.05) is 13.2 Å². The van der Waals surface area contributed by atoms with Crippen LogP contribution in [0.5, 0.6) is 0 Å². The molecule has 0 heterocycles. The molecule has 0 aromatic heterocycles. The molecule has 0 aliphatic rings. The number of nitrogens with one attached hydrogen (secondary N) is 1. The highest BCUT2D eigenvalue weighted by Gasteiger charge is 2.07. The van der Waals surface area contributed by atoms with Crippen LogP contribution in [0.2, 0.25) is 0 Å². The van der Waals surface area contributed by atoms with Crippen molar-refractivity contribution in [2.45, 2.75) is 13.2 Å². The van der Waals surface area contributed by atoms with Crippen LogP contribution in [0.25, 0.3) is 0 Å². The smallest absolute Gasteiger partial charge is 0.334 e. The zero-order valence-electron chi connectivity index (χ0n) is 6.89. The van der Waals surface area contributed by atoms with E-state index in [4.69, 9.17) is 4.74 Å². The number of hydrogen-bond donors (Lipinski definition) is 1. The Morgan fingerprint density at radius 3 is 2.55 bits per heavy atom. The number of rotatable bonds is 4. The van der Waals surface area contributed by atoms with Gasteiger partial charge in [0.1, 0.15) is 0 Å². The molecule has 0 saturated heterocycles. The molecule has 0 saturated carbocycles. The highest BCUT2D eigenvalue weighted by Crippen LogP contribution is 1.95. The first-order valence-electron chi connectivity index (χ1n) is 3.28. The van der Waals surface area contributed by atoms with Crippen LogP contribution in [0.4, 0.5) is 0 Å². The van der Waals surface area contributed by atoms with Gasteiger partial charge in [0.05, 0.1) is 0 Å². The van der Waals surface area contributed by atoms with Crippen LogP contribution in [-0.2, 0) is 9.53 Å². The maximum Gasteiger partial charge on any atom is 0.334 e. The van der Waals surface area contributed by atoms with Gasteiger partial charge < -0.3 is 4.74 Å². The molecular weight excluding hydrogens is 142 g/mol. The lowest BCUT2D eigenvalue weighted by atomic mass is 10.4. The lowest BCUT2D eigenvalue weighted by Gasteiger charge is -2.11. The van der Waals surface area contributed by atoms with Crippen molar-refractivity contribution in [1.82, 2.24) is 5.32 Å². The molecule has 11 heavy (non-hydrogen) atoms. The van der Waals surface area contributed by atoms with Gasteiger partial charge >= 0.3 is 5.97 Å².